The number of hydrogen-bond acceptors (Lipinski definition) is 7. The van der Waals surface area contributed by atoms with Crippen LogP contribution in [-0.2, 0) is 20.9 Å². The number of nitrogens with one attached hydrogen (secondary N) is 2. The second-order valence-electron chi connectivity index (χ2n) is 10.1. The molecule has 2 aromatic rings. The van der Waals surface area contributed by atoms with E-state index in [4.69, 9.17) is 10.5 Å². The van der Waals surface area contributed by atoms with E-state index >= 15 is 0 Å². The molecule has 0 bridgehead atoms. The summed E-state index contributed by atoms with van der Waals surface area (Å²) in [6, 6.07) is 11.9. The molecule has 0 aliphatic carbocycles. The van der Waals surface area contributed by atoms with E-state index in [2.05, 4.69) is 27.4 Å². The van der Waals surface area contributed by atoms with Gasteiger partial charge in [0.15, 0.2) is 0 Å². The first kappa shape index (κ1) is 26.4. The van der Waals surface area contributed by atoms with Gasteiger partial charge in [0.05, 0.1) is 13.5 Å². The van der Waals surface area contributed by atoms with E-state index in [1.54, 1.807) is 29.2 Å². The third kappa shape index (κ3) is 5.37. The summed E-state index contributed by atoms with van der Waals surface area (Å²) in [4.78, 5) is 54.3. The summed E-state index contributed by atoms with van der Waals surface area (Å²) in [5.74, 6) is 5.04. The van der Waals surface area contributed by atoms with E-state index in [9.17, 15) is 19.2 Å². The van der Waals surface area contributed by atoms with Crippen LogP contribution in [0.15, 0.2) is 42.5 Å². The Kier molecular flexibility index (Phi) is 7.37. The Bertz CT molecular complexity index is 1370. The van der Waals surface area contributed by atoms with Crippen LogP contribution in [0.25, 0.3) is 0 Å². The van der Waals surface area contributed by atoms with Gasteiger partial charge in [-0.3, -0.25) is 29.4 Å². The molecule has 2 fully saturated rings. The van der Waals surface area contributed by atoms with Gasteiger partial charge in [-0.25, -0.2) is 0 Å². The molecule has 5 rings (SSSR count). The van der Waals surface area contributed by atoms with Gasteiger partial charge in [-0.05, 0) is 48.4 Å². The van der Waals surface area contributed by atoms with Crippen LogP contribution >= 0.6 is 0 Å². The third-order valence-corrected chi connectivity index (χ3v) is 7.49. The molecule has 2 aromatic carbocycles. The molecule has 0 radical (unpaired) electrons. The van der Waals surface area contributed by atoms with Crippen LogP contribution in [0, 0.1) is 17.3 Å². The molecule has 0 aromatic heterocycles. The third-order valence-electron chi connectivity index (χ3n) is 7.49. The normalized spacial score (nSPS) is 22.0. The Morgan fingerprint density at radius 3 is 2.62 bits per heavy atom. The van der Waals surface area contributed by atoms with Crippen molar-refractivity contribution in [2.75, 3.05) is 39.8 Å². The number of carbonyl (C=O) groups is 4. The highest BCUT2D eigenvalue weighted by Gasteiger charge is 2.48. The first-order valence-corrected chi connectivity index (χ1v) is 13.0. The Balaban J connectivity index is 1.37. The molecular weight excluding hydrogens is 498 g/mol. The van der Waals surface area contributed by atoms with Crippen molar-refractivity contribution in [1.82, 2.24) is 20.4 Å². The topological polar surface area (TPSA) is 134 Å². The number of carbonyl (C=O) groups excluding carboxylic acids is 4. The Morgan fingerprint density at radius 1 is 1.13 bits per heavy atom. The van der Waals surface area contributed by atoms with Crippen molar-refractivity contribution in [2.24, 2.45) is 11.1 Å². The van der Waals surface area contributed by atoms with Gasteiger partial charge in [-0.1, -0.05) is 30.0 Å². The number of nitrogens with zero attached hydrogens (tertiary/aromatic N) is 2. The minimum atomic E-state index is -1.37. The van der Waals surface area contributed by atoms with Crippen molar-refractivity contribution < 1.29 is 23.9 Å². The zero-order chi connectivity index (χ0) is 27.6. The molecule has 0 saturated carbocycles. The van der Waals surface area contributed by atoms with Crippen molar-refractivity contribution in [3.8, 4) is 17.6 Å². The lowest BCUT2D eigenvalue weighted by Gasteiger charge is -2.28. The smallest absolute Gasteiger partial charge is 0.254 e. The van der Waals surface area contributed by atoms with Gasteiger partial charge in [0, 0.05) is 43.9 Å². The summed E-state index contributed by atoms with van der Waals surface area (Å²) in [6.07, 6.45) is 0.793. The number of imide groups is 1. The van der Waals surface area contributed by atoms with Crippen molar-refractivity contribution in [3.63, 3.8) is 0 Å². The summed E-state index contributed by atoms with van der Waals surface area (Å²) in [6.45, 7) is 3.47. The van der Waals surface area contributed by atoms with Gasteiger partial charge >= 0.3 is 0 Å². The van der Waals surface area contributed by atoms with Crippen LogP contribution in [0.1, 0.15) is 45.9 Å². The van der Waals surface area contributed by atoms with E-state index in [1.165, 1.54) is 7.11 Å². The van der Waals surface area contributed by atoms with Gasteiger partial charge in [-0.15, -0.1) is 0 Å². The highest BCUT2D eigenvalue weighted by molar-refractivity contribution is 6.08. The maximum atomic E-state index is 13.1. The molecule has 3 heterocycles. The molecule has 2 saturated heterocycles. The van der Waals surface area contributed by atoms with Gasteiger partial charge in [-0.2, -0.15) is 0 Å². The second kappa shape index (κ2) is 10.9. The first-order chi connectivity index (χ1) is 18.8. The van der Waals surface area contributed by atoms with Crippen LogP contribution in [0.2, 0.25) is 0 Å². The number of benzene rings is 2. The molecule has 4 amide bonds. The van der Waals surface area contributed by atoms with Crippen LogP contribution < -0.4 is 21.1 Å². The predicted octanol–water partition coefficient (Wildman–Crippen LogP) is 0.557. The molecule has 4 N–H and O–H groups in total. The number of rotatable bonds is 6. The predicted molar refractivity (Wildman–Crippen MR) is 142 cm³/mol. The Labute approximate surface area is 226 Å². The highest BCUT2D eigenvalue weighted by atomic mass is 16.5. The molecule has 3 aliphatic rings. The maximum absolute atomic E-state index is 13.1. The second-order valence-corrected chi connectivity index (χ2v) is 10.1. The monoisotopic (exact) mass is 529 g/mol. The summed E-state index contributed by atoms with van der Waals surface area (Å²) in [7, 11) is 1.53. The lowest BCUT2D eigenvalue weighted by molar-refractivity contribution is -0.127. The molecule has 1 unspecified atom stereocenters. The van der Waals surface area contributed by atoms with E-state index in [0.29, 0.717) is 30.0 Å². The molecule has 202 valence electrons. The number of nitrogens with two attached hydrogens (primary N) is 1. The number of amides is 4. The first-order valence-electron chi connectivity index (χ1n) is 13.0. The van der Waals surface area contributed by atoms with Crippen molar-refractivity contribution in [1.29, 1.82) is 0 Å². The molecule has 0 spiro atoms. The van der Waals surface area contributed by atoms with Crippen molar-refractivity contribution in [2.45, 2.75) is 25.4 Å². The van der Waals surface area contributed by atoms with Crippen LogP contribution in [0.3, 0.4) is 0 Å². The fraction of sp³-hybridized carbons (Fsp3) is 0.379. The molecule has 10 nitrogen and oxygen atoms in total. The average Bonchev–Trinajstić information content (AvgIpc) is 3.22. The molecule has 3 aliphatic heterocycles. The number of primary amides is 1. The van der Waals surface area contributed by atoms with E-state index < -0.39 is 29.2 Å². The maximum Gasteiger partial charge on any atom is 0.254 e. The zero-order valence-corrected chi connectivity index (χ0v) is 21.8. The zero-order valence-electron chi connectivity index (χ0n) is 21.8. The van der Waals surface area contributed by atoms with Gasteiger partial charge < -0.3 is 20.7 Å². The lowest BCUT2D eigenvalue weighted by Crippen LogP contribution is -2.42. The van der Waals surface area contributed by atoms with Crippen molar-refractivity contribution in [3.05, 3.63) is 64.7 Å². The van der Waals surface area contributed by atoms with E-state index in [1.807, 2.05) is 18.2 Å². The van der Waals surface area contributed by atoms with Crippen LogP contribution in [0.4, 0.5) is 0 Å². The Morgan fingerprint density at radius 2 is 1.92 bits per heavy atom. The minimum Gasteiger partial charge on any atom is -0.497 e. The fourth-order valence-corrected chi connectivity index (χ4v) is 5.45. The summed E-state index contributed by atoms with van der Waals surface area (Å²) >= 11 is 0. The largest absolute Gasteiger partial charge is 0.497 e. The highest BCUT2D eigenvalue weighted by Crippen LogP contribution is 2.34. The molecule has 10 heteroatoms. The van der Waals surface area contributed by atoms with Gasteiger partial charge in [0.25, 0.3) is 5.91 Å². The quantitative estimate of drug-likeness (QED) is 0.368. The van der Waals surface area contributed by atoms with Crippen molar-refractivity contribution >= 4 is 23.6 Å². The lowest BCUT2D eigenvalue weighted by atomic mass is 9.85. The molecule has 39 heavy (non-hydrogen) atoms. The number of hydrogen-bond donors (Lipinski definition) is 3. The standard InChI is InChI=1S/C29H31N5O5/c1-39-22-8-7-21-17-34(27(37)23(21)15-22)18-29(16-24(35)32-28(29)38)10-9-19-3-5-20(6-4-19)25(26(30)36)33-13-2-11-31-12-14-33/h3-8,15,25,31H,2,11-14,16-18H2,1H3,(H2,30,36)(H,32,35,38)/t25?,29-/m1/s1. The SMILES string of the molecule is COc1ccc2c(c1)C(=O)N(C[C@@]1(C#Cc3ccc(C(C(N)=O)N4CCCNCC4)cc3)CC(=O)NC1=O)C2. The summed E-state index contributed by atoms with van der Waals surface area (Å²) in [5, 5.41) is 5.68. The summed E-state index contributed by atoms with van der Waals surface area (Å²) in [5.41, 5.74) is 7.13. The minimum absolute atomic E-state index is 0.0156. The number of ether oxygens (including phenoxy) is 1. The van der Waals surface area contributed by atoms with Gasteiger partial charge in [0.1, 0.15) is 17.2 Å². The number of fused-ring (bicyclic) bond motifs is 1. The van der Waals surface area contributed by atoms with Crippen LogP contribution in [-0.4, -0.2) is 73.3 Å². The van der Waals surface area contributed by atoms with Gasteiger partial charge in [0.2, 0.25) is 17.7 Å². The summed E-state index contributed by atoms with van der Waals surface area (Å²) < 4.78 is 5.24. The van der Waals surface area contributed by atoms with E-state index in [0.717, 1.165) is 37.2 Å². The number of methoxy groups -OCH3 is 1. The molecular formula is C29H31N5O5. The Hall–Kier alpha value is -4.20. The average molecular weight is 530 g/mol. The van der Waals surface area contributed by atoms with Crippen LogP contribution in [0.5, 0.6) is 5.75 Å². The molecule has 2 atom stereocenters. The fourth-order valence-electron chi connectivity index (χ4n) is 5.45. The van der Waals surface area contributed by atoms with E-state index in [-0.39, 0.29) is 18.9 Å².